The Morgan fingerprint density at radius 3 is 2.48 bits per heavy atom. The van der Waals surface area contributed by atoms with Gasteiger partial charge in [-0.2, -0.15) is 0 Å². The van der Waals surface area contributed by atoms with E-state index in [0.29, 0.717) is 18.1 Å². The summed E-state index contributed by atoms with van der Waals surface area (Å²) in [6.45, 7) is 2.52. The first kappa shape index (κ1) is 16.6. The number of benzene rings is 1. The van der Waals surface area contributed by atoms with Crippen molar-refractivity contribution in [2.75, 3.05) is 5.32 Å². The first-order chi connectivity index (χ1) is 12.2. The Labute approximate surface area is 146 Å². The van der Waals surface area contributed by atoms with E-state index in [1.165, 1.54) is 12.4 Å². The monoisotopic (exact) mass is 333 g/mol. The van der Waals surface area contributed by atoms with E-state index in [1.54, 1.807) is 12.4 Å². The molecule has 6 heteroatoms. The predicted octanol–water partition coefficient (Wildman–Crippen LogP) is 2.97. The van der Waals surface area contributed by atoms with E-state index >= 15 is 0 Å². The molecule has 2 heterocycles. The van der Waals surface area contributed by atoms with Crippen molar-refractivity contribution < 1.29 is 4.79 Å². The molecule has 0 aliphatic heterocycles. The topological polar surface area (TPSA) is 79.8 Å². The van der Waals surface area contributed by atoms with Gasteiger partial charge in [-0.1, -0.05) is 36.4 Å². The maximum absolute atomic E-state index is 12.3. The molecule has 0 bridgehead atoms. The highest BCUT2D eigenvalue weighted by atomic mass is 16.1. The third-order valence-corrected chi connectivity index (χ3v) is 3.73. The highest BCUT2D eigenvalue weighted by Gasteiger charge is 2.12. The Hall–Kier alpha value is -3.28. The quantitative estimate of drug-likeness (QED) is 0.725. The van der Waals surface area contributed by atoms with Gasteiger partial charge in [-0.25, -0.2) is 9.97 Å². The fourth-order valence-corrected chi connectivity index (χ4v) is 2.33. The van der Waals surface area contributed by atoms with Gasteiger partial charge < -0.3 is 10.6 Å². The zero-order valence-electron chi connectivity index (χ0n) is 13.9. The van der Waals surface area contributed by atoms with Crippen LogP contribution in [0.15, 0.2) is 67.3 Å². The van der Waals surface area contributed by atoms with Gasteiger partial charge in [0, 0.05) is 31.3 Å². The van der Waals surface area contributed by atoms with E-state index in [9.17, 15) is 4.79 Å². The zero-order valence-corrected chi connectivity index (χ0v) is 13.9. The lowest BCUT2D eigenvalue weighted by Crippen LogP contribution is -2.26. The Morgan fingerprint density at radius 2 is 1.80 bits per heavy atom. The van der Waals surface area contributed by atoms with Crippen LogP contribution in [0.25, 0.3) is 0 Å². The summed E-state index contributed by atoms with van der Waals surface area (Å²) in [6, 6.07) is 13.6. The van der Waals surface area contributed by atoms with Crippen LogP contribution in [-0.4, -0.2) is 20.9 Å². The smallest absolute Gasteiger partial charge is 0.254 e. The highest BCUT2D eigenvalue weighted by molar-refractivity contribution is 5.93. The van der Waals surface area contributed by atoms with Crippen LogP contribution >= 0.6 is 0 Å². The number of aromatic nitrogens is 3. The van der Waals surface area contributed by atoms with E-state index in [4.69, 9.17) is 0 Å². The molecule has 1 aromatic carbocycles. The number of pyridine rings is 1. The van der Waals surface area contributed by atoms with Crippen LogP contribution in [0.5, 0.6) is 0 Å². The number of amides is 1. The minimum Gasteiger partial charge on any atom is -0.350 e. The molecule has 2 aromatic heterocycles. The summed E-state index contributed by atoms with van der Waals surface area (Å²) in [5, 5.41) is 6.04. The van der Waals surface area contributed by atoms with Crippen molar-refractivity contribution in [3.8, 4) is 0 Å². The minimum atomic E-state index is -0.199. The molecule has 2 N–H and O–H groups in total. The van der Waals surface area contributed by atoms with E-state index in [2.05, 4.69) is 25.6 Å². The normalized spacial score (nSPS) is 11.6. The average molecular weight is 333 g/mol. The van der Waals surface area contributed by atoms with Crippen molar-refractivity contribution in [3.63, 3.8) is 0 Å². The molecule has 0 aliphatic rings. The first-order valence-electron chi connectivity index (χ1n) is 8.03. The number of nitrogens with one attached hydrogen (secondary N) is 2. The van der Waals surface area contributed by atoms with Crippen LogP contribution in [0.4, 0.5) is 5.95 Å². The summed E-state index contributed by atoms with van der Waals surface area (Å²) in [7, 11) is 0. The lowest BCUT2D eigenvalue weighted by molar-refractivity contribution is 0.0939. The van der Waals surface area contributed by atoms with E-state index in [0.717, 1.165) is 11.1 Å². The van der Waals surface area contributed by atoms with E-state index in [1.807, 2.05) is 49.4 Å². The van der Waals surface area contributed by atoms with Gasteiger partial charge in [0.05, 0.1) is 11.6 Å². The summed E-state index contributed by atoms with van der Waals surface area (Å²) < 4.78 is 0. The number of hydrogen-bond acceptors (Lipinski definition) is 5. The Kier molecular flexibility index (Phi) is 5.31. The number of rotatable bonds is 6. The van der Waals surface area contributed by atoms with E-state index in [-0.39, 0.29) is 11.9 Å². The maximum atomic E-state index is 12.3. The molecule has 0 spiro atoms. The van der Waals surface area contributed by atoms with Crippen LogP contribution in [0.1, 0.15) is 34.5 Å². The predicted molar refractivity (Wildman–Crippen MR) is 95.9 cm³/mol. The second-order valence-corrected chi connectivity index (χ2v) is 5.62. The lowest BCUT2D eigenvalue weighted by Gasteiger charge is -2.14. The SMILES string of the molecule is CC(NC(=O)c1cnc(NCc2cccnc2)nc1)c1ccccc1. The van der Waals surface area contributed by atoms with Crippen molar-refractivity contribution in [1.82, 2.24) is 20.3 Å². The number of carbonyl (C=O) groups excluding carboxylic acids is 1. The Morgan fingerprint density at radius 1 is 1.04 bits per heavy atom. The van der Waals surface area contributed by atoms with Crippen molar-refractivity contribution in [2.24, 2.45) is 0 Å². The van der Waals surface area contributed by atoms with Crippen molar-refractivity contribution in [3.05, 3.63) is 83.9 Å². The second kappa shape index (κ2) is 8.01. The molecule has 0 aliphatic carbocycles. The number of nitrogens with zero attached hydrogens (tertiary/aromatic N) is 3. The fourth-order valence-electron chi connectivity index (χ4n) is 2.33. The average Bonchev–Trinajstić information content (AvgIpc) is 2.68. The summed E-state index contributed by atoms with van der Waals surface area (Å²) >= 11 is 0. The van der Waals surface area contributed by atoms with Gasteiger partial charge in [-0.15, -0.1) is 0 Å². The minimum absolute atomic E-state index is 0.0860. The number of anilines is 1. The second-order valence-electron chi connectivity index (χ2n) is 5.62. The zero-order chi connectivity index (χ0) is 17.5. The van der Waals surface area contributed by atoms with Crippen molar-refractivity contribution in [1.29, 1.82) is 0 Å². The Bertz CT molecular complexity index is 806. The van der Waals surface area contributed by atoms with Crippen molar-refractivity contribution in [2.45, 2.75) is 19.5 Å². The lowest BCUT2D eigenvalue weighted by atomic mass is 10.1. The largest absolute Gasteiger partial charge is 0.350 e. The molecule has 3 aromatic rings. The molecule has 1 unspecified atom stereocenters. The summed E-state index contributed by atoms with van der Waals surface area (Å²) in [5.74, 6) is 0.270. The highest BCUT2D eigenvalue weighted by Crippen LogP contribution is 2.12. The molecule has 0 saturated heterocycles. The summed E-state index contributed by atoms with van der Waals surface area (Å²) in [6.07, 6.45) is 6.54. The van der Waals surface area contributed by atoms with Gasteiger partial charge in [0.15, 0.2) is 0 Å². The first-order valence-corrected chi connectivity index (χ1v) is 8.03. The van der Waals surface area contributed by atoms with Gasteiger partial charge in [0.2, 0.25) is 5.95 Å². The van der Waals surface area contributed by atoms with Crippen LogP contribution in [-0.2, 0) is 6.54 Å². The molecule has 25 heavy (non-hydrogen) atoms. The summed E-state index contributed by atoms with van der Waals surface area (Å²) in [4.78, 5) is 24.7. The van der Waals surface area contributed by atoms with Gasteiger partial charge in [-0.05, 0) is 24.1 Å². The van der Waals surface area contributed by atoms with Crippen LogP contribution in [0, 0.1) is 0 Å². The molecule has 0 saturated carbocycles. The van der Waals surface area contributed by atoms with Gasteiger partial charge >= 0.3 is 0 Å². The van der Waals surface area contributed by atoms with Gasteiger partial charge in [0.1, 0.15) is 0 Å². The fraction of sp³-hybridized carbons (Fsp3) is 0.158. The van der Waals surface area contributed by atoms with Gasteiger partial charge in [0.25, 0.3) is 5.91 Å². The molecule has 1 atom stereocenters. The standard InChI is InChI=1S/C19H19N5O/c1-14(16-7-3-2-4-8-16)24-18(25)17-12-22-19(23-13-17)21-11-15-6-5-9-20-10-15/h2-10,12-14H,11H2,1H3,(H,24,25)(H,21,22,23). The molecular weight excluding hydrogens is 314 g/mol. The van der Waals surface area contributed by atoms with Crippen LogP contribution in [0.3, 0.4) is 0 Å². The number of hydrogen-bond donors (Lipinski definition) is 2. The third-order valence-electron chi connectivity index (χ3n) is 3.73. The van der Waals surface area contributed by atoms with E-state index < -0.39 is 0 Å². The van der Waals surface area contributed by atoms with Crippen molar-refractivity contribution >= 4 is 11.9 Å². The molecular formula is C19H19N5O. The molecule has 6 nitrogen and oxygen atoms in total. The van der Waals surface area contributed by atoms with Gasteiger partial charge in [-0.3, -0.25) is 9.78 Å². The third kappa shape index (κ3) is 4.60. The summed E-state index contributed by atoms with van der Waals surface area (Å²) in [5.41, 5.74) is 2.51. The number of carbonyl (C=O) groups is 1. The molecule has 126 valence electrons. The molecule has 3 rings (SSSR count). The molecule has 0 fully saturated rings. The Balaban J connectivity index is 1.57. The molecule has 1 amide bonds. The van der Waals surface area contributed by atoms with Crippen LogP contribution < -0.4 is 10.6 Å². The maximum Gasteiger partial charge on any atom is 0.254 e. The molecule has 0 radical (unpaired) electrons. The van der Waals surface area contributed by atoms with Crippen LogP contribution in [0.2, 0.25) is 0 Å².